The molecule has 0 bridgehead atoms. The van der Waals surface area contributed by atoms with Crippen LogP contribution in [0.15, 0.2) is 24.3 Å². The molecule has 0 amide bonds. The number of benzene rings is 1. The van der Waals surface area contributed by atoms with E-state index < -0.39 is 0 Å². The number of hydrogen-bond acceptors (Lipinski definition) is 2. The van der Waals surface area contributed by atoms with E-state index in [4.69, 9.17) is 11.6 Å². The van der Waals surface area contributed by atoms with Crippen molar-refractivity contribution in [1.29, 1.82) is 0 Å². The molecule has 2 fully saturated rings. The van der Waals surface area contributed by atoms with E-state index in [2.05, 4.69) is 42.4 Å². The van der Waals surface area contributed by atoms with Gasteiger partial charge in [-0.1, -0.05) is 23.7 Å². The second kappa shape index (κ2) is 5.67. The van der Waals surface area contributed by atoms with Crippen LogP contribution in [0.2, 0.25) is 5.02 Å². The average Bonchev–Trinajstić information content (AvgIpc) is 2.44. The number of rotatable bonds is 1. The molecule has 20 heavy (non-hydrogen) atoms. The van der Waals surface area contributed by atoms with Crippen LogP contribution in [-0.2, 0) is 0 Å². The monoisotopic (exact) mass is 292 g/mol. The van der Waals surface area contributed by atoms with Gasteiger partial charge in [0.2, 0.25) is 0 Å². The minimum Gasteiger partial charge on any atom is -0.316 e. The molecule has 3 unspecified atom stereocenters. The maximum absolute atomic E-state index is 6.21. The Morgan fingerprint density at radius 3 is 2.95 bits per heavy atom. The van der Waals surface area contributed by atoms with Gasteiger partial charge < -0.3 is 10.2 Å². The van der Waals surface area contributed by atoms with Crippen molar-refractivity contribution in [2.45, 2.75) is 38.1 Å². The molecule has 0 aliphatic carbocycles. The van der Waals surface area contributed by atoms with Crippen molar-refractivity contribution >= 4 is 11.6 Å². The van der Waals surface area contributed by atoms with Crippen LogP contribution in [0.3, 0.4) is 0 Å². The summed E-state index contributed by atoms with van der Waals surface area (Å²) in [5.41, 5.74) is 1.88. The zero-order chi connectivity index (χ0) is 14.2. The van der Waals surface area contributed by atoms with Crippen LogP contribution in [-0.4, -0.2) is 37.6 Å². The fraction of sp³-hybridized carbons (Fsp3) is 0.647. The Kier molecular flexibility index (Phi) is 4.07. The quantitative estimate of drug-likeness (QED) is 0.852. The summed E-state index contributed by atoms with van der Waals surface area (Å²) in [7, 11) is 2.26. The van der Waals surface area contributed by atoms with E-state index in [-0.39, 0.29) is 0 Å². The Morgan fingerprint density at radius 1 is 1.35 bits per heavy atom. The van der Waals surface area contributed by atoms with Crippen LogP contribution in [0.5, 0.6) is 0 Å². The highest BCUT2D eigenvalue weighted by atomic mass is 35.5. The van der Waals surface area contributed by atoms with Crippen LogP contribution in [0, 0.1) is 5.41 Å². The molecule has 2 saturated heterocycles. The van der Waals surface area contributed by atoms with Gasteiger partial charge in [0.25, 0.3) is 0 Å². The molecule has 3 heteroatoms. The van der Waals surface area contributed by atoms with Gasteiger partial charge in [0.15, 0.2) is 0 Å². The highest BCUT2D eigenvalue weighted by Crippen LogP contribution is 2.49. The van der Waals surface area contributed by atoms with E-state index in [1.54, 1.807) is 0 Å². The van der Waals surface area contributed by atoms with E-state index in [0.29, 0.717) is 17.4 Å². The summed E-state index contributed by atoms with van der Waals surface area (Å²) < 4.78 is 0. The number of hydrogen-bond donors (Lipinski definition) is 1. The van der Waals surface area contributed by atoms with Crippen LogP contribution < -0.4 is 5.32 Å². The largest absolute Gasteiger partial charge is 0.316 e. The summed E-state index contributed by atoms with van der Waals surface area (Å²) >= 11 is 6.21. The standard InChI is InChI=1S/C17H25ClN2/c1-13-11-17(7-9-20(13)2)6-8-19-12-16(17)14-4-3-5-15(18)10-14/h3-5,10,13,16,19H,6-9,11-12H2,1-2H3. The Balaban J connectivity index is 1.91. The van der Waals surface area contributed by atoms with Crippen LogP contribution in [0.25, 0.3) is 0 Å². The summed E-state index contributed by atoms with van der Waals surface area (Å²) in [6, 6.07) is 9.19. The SMILES string of the molecule is CC1CC2(CCNCC2c2cccc(Cl)c2)CCN1C. The van der Waals surface area contributed by atoms with E-state index in [0.717, 1.165) is 18.1 Å². The molecule has 1 aromatic rings. The summed E-state index contributed by atoms with van der Waals surface area (Å²) in [6.45, 7) is 5.85. The Bertz CT molecular complexity index is 476. The summed E-state index contributed by atoms with van der Waals surface area (Å²) in [5, 5.41) is 4.46. The third-order valence-corrected chi connectivity index (χ3v) is 5.79. The Morgan fingerprint density at radius 2 is 2.20 bits per heavy atom. The number of nitrogens with zero attached hydrogens (tertiary/aromatic N) is 1. The van der Waals surface area contributed by atoms with Crippen LogP contribution in [0.1, 0.15) is 37.7 Å². The van der Waals surface area contributed by atoms with E-state index in [1.165, 1.54) is 31.4 Å². The van der Waals surface area contributed by atoms with Crippen molar-refractivity contribution in [2.75, 3.05) is 26.7 Å². The molecular formula is C17H25ClN2. The second-order valence-electron chi connectivity index (χ2n) is 6.71. The lowest BCUT2D eigenvalue weighted by Gasteiger charge is -2.51. The minimum absolute atomic E-state index is 0.460. The fourth-order valence-electron chi connectivity index (χ4n) is 4.18. The van der Waals surface area contributed by atoms with Crippen molar-refractivity contribution in [3.05, 3.63) is 34.9 Å². The summed E-state index contributed by atoms with van der Waals surface area (Å²) in [6.07, 6.45) is 3.91. The number of nitrogens with one attached hydrogen (secondary N) is 1. The fourth-order valence-corrected chi connectivity index (χ4v) is 4.38. The van der Waals surface area contributed by atoms with Gasteiger partial charge in [-0.15, -0.1) is 0 Å². The molecule has 1 N–H and O–H groups in total. The topological polar surface area (TPSA) is 15.3 Å². The van der Waals surface area contributed by atoms with Gasteiger partial charge in [-0.2, -0.15) is 0 Å². The predicted octanol–water partition coefficient (Wildman–Crippen LogP) is 3.52. The van der Waals surface area contributed by atoms with E-state index in [1.807, 2.05) is 6.07 Å². The van der Waals surface area contributed by atoms with Crippen LogP contribution >= 0.6 is 11.6 Å². The molecule has 3 atom stereocenters. The lowest BCUT2D eigenvalue weighted by Crippen LogP contribution is -2.52. The summed E-state index contributed by atoms with van der Waals surface area (Å²) in [5.74, 6) is 0.603. The molecular weight excluding hydrogens is 268 g/mol. The van der Waals surface area contributed by atoms with Gasteiger partial charge in [-0.3, -0.25) is 0 Å². The highest BCUT2D eigenvalue weighted by Gasteiger charge is 2.44. The van der Waals surface area contributed by atoms with Gasteiger partial charge in [-0.05, 0) is 69.4 Å². The Hall–Kier alpha value is -0.570. The molecule has 2 nitrogen and oxygen atoms in total. The molecule has 110 valence electrons. The van der Waals surface area contributed by atoms with Gasteiger partial charge >= 0.3 is 0 Å². The first-order valence-corrected chi connectivity index (χ1v) is 8.15. The minimum atomic E-state index is 0.460. The molecule has 0 aromatic heterocycles. The number of piperidine rings is 2. The molecule has 3 rings (SSSR count). The number of likely N-dealkylation sites (tertiary alicyclic amines) is 1. The molecule has 0 radical (unpaired) electrons. The van der Waals surface area contributed by atoms with Crippen LogP contribution in [0.4, 0.5) is 0 Å². The third kappa shape index (κ3) is 2.61. The first-order chi connectivity index (χ1) is 9.61. The van der Waals surface area contributed by atoms with Gasteiger partial charge in [-0.25, -0.2) is 0 Å². The maximum atomic E-state index is 6.21. The summed E-state index contributed by atoms with van der Waals surface area (Å²) in [4.78, 5) is 2.50. The normalized spacial score (nSPS) is 35.4. The lowest BCUT2D eigenvalue weighted by atomic mass is 9.61. The molecule has 0 saturated carbocycles. The van der Waals surface area contributed by atoms with Gasteiger partial charge in [0, 0.05) is 23.5 Å². The third-order valence-electron chi connectivity index (χ3n) is 5.56. The molecule has 1 spiro atoms. The predicted molar refractivity (Wildman–Crippen MR) is 85.4 cm³/mol. The molecule has 1 aromatic carbocycles. The average molecular weight is 293 g/mol. The van der Waals surface area contributed by atoms with Gasteiger partial charge in [0.1, 0.15) is 0 Å². The smallest absolute Gasteiger partial charge is 0.0408 e. The van der Waals surface area contributed by atoms with Crippen molar-refractivity contribution in [2.24, 2.45) is 5.41 Å². The van der Waals surface area contributed by atoms with Crippen molar-refractivity contribution in [1.82, 2.24) is 10.2 Å². The second-order valence-corrected chi connectivity index (χ2v) is 7.14. The Labute approximate surface area is 127 Å². The zero-order valence-electron chi connectivity index (χ0n) is 12.5. The first kappa shape index (κ1) is 14.4. The molecule has 2 heterocycles. The maximum Gasteiger partial charge on any atom is 0.0408 e. The van der Waals surface area contributed by atoms with Crippen molar-refractivity contribution in [3.8, 4) is 0 Å². The first-order valence-electron chi connectivity index (χ1n) is 7.77. The number of halogens is 1. The molecule has 2 aliphatic rings. The highest BCUT2D eigenvalue weighted by molar-refractivity contribution is 6.30. The van der Waals surface area contributed by atoms with E-state index in [9.17, 15) is 0 Å². The lowest BCUT2D eigenvalue weighted by molar-refractivity contribution is 0.0321. The van der Waals surface area contributed by atoms with Crippen molar-refractivity contribution < 1.29 is 0 Å². The van der Waals surface area contributed by atoms with Crippen molar-refractivity contribution in [3.63, 3.8) is 0 Å². The van der Waals surface area contributed by atoms with E-state index >= 15 is 0 Å². The molecule has 2 aliphatic heterocycles. The zero-order valence-corrected chi connectivity index (χ0v) is 13.3. The van der Waals surface area contributed by atoms with Gasteiger partial charge in [0.05, 0.1) is 0 Å².